The molecule has 1 aromatic rings. The van der Waals surface area contributed by atoms with Crippen LogP contribution in [0.15, 0.2) is 12.1 Å². The molecule has 0 aromatic heterocycles. The molecule has 4 N–H and O–H groups in total. The Morgan fingerprint density at radius 3 is 2.38 bits per heavy atom. The Morgan fingerprint density at radius 1 is 1.06 bits per heavy atom. The number of hydrogen-bond donors (Lipinski definition) is 4. The van der Waals surface area contributed by atoms with Gasteiger partial charge in [0, 0.05) is 24.6 Å². The van der Waals surface area contributed by atoms with Gasteiger partial charge in [-0.3, -0.25) is 24.5 Å². The molecule has 0 spiro atoms. The van der Waals surface area contributed by atoms with E-state index in [9.17, 15) is 32.8 Å². The largest absolute Gasteiger partial charge is 0.446 e. The van der Waals surface area contributed by atoms with Crippen LogP contribution in [0.5, 0.6) is 0 Å². The smallest absolute Gasteiger partial charge is 0.411 e. The highest BCUT2D eigenvalue weighted by molar-refractivity contribution is 6.38. The molecular formula is C22H24F2N4O6. The van der Waals surface area contributed by atoms with Gasteiger partial charge in [-0.1, -0.05) is 0 Å². The van der Waals surface area contributed by atoms with Crippen LogP contribution in [-0.2, 0) is 19.1 Å². The Morgan fingerprint density at radius 2 is 1.76 bits per heavy atom. The molecular weight excluding hydrogens is 454 g/mol. The molecule has 1 saturated heterocycles. The van der Waals surface area contributed by atoms with Crippen LogP contribution >= 0.6 is 0 Å². The van der Waals surface area contributed by atoms with E-state index in [2.05, 4.69) is 21.3 Å². The lowest BCUT2D eigenvalue weighted by Gasteiger charge is -2.20. The monoisotopic (exact) mass is 478 g/mol. The van der Waals surface area contributed by atoms with Crippen LogP contribution in [0, 0.1) is 17.6 Å². The highest BCUT2D eigenvalue weighted by atomic mass is 19.2. The van der Waals surface area contributed by atoms with E-state index in [0.29, 0.717) is 37.9 Å². The van der Waals surface area contributed by atoms with Gasteiger partial charge in [0.05, 0.1) is 17.3 Å². The molecule has 3 aliphatic rings. The van der Waals surface area contributed by atoms with Crippen molar-refractivity contribution in [3.63, 3.8) is 0 Å². The fourth-order valence-electron chi connectivity index (χ4n) is 3.58. The Balaban J connectivity index is 1.53. The van der Waals surface area contributed by atoms with Crippen molar-refractivity contribution in [3.05, 3.63) is 29.3 Å². The number of anilines is 1. The molecule has 12 heteroatoms. The quantitative estimate of drug-likeness (QED) is 0.392. The van der Waals surface area contributed by atoms with Crippen LogP contribution in [0.2, 0.25) is 0 Å². The molecule has 1 unspecified atom stereocenters. The summed E-state index contributed by atoms with van der Waals surface area (Å²) in [6, 6.07) is -0.299. The lowest BCUT2D eigenvalue weighted by atomic mass is 9.95. The Kier molecular flexibility index (Phi) is 6.75. The van der Waals surface area contributed by atoms with Crippen LogP contribution < -0.4 is 21.3 Å². The Labute approximate surface area is 193 Å². The molecule has 2 atom stereocenters. The van der Waals surface area contributed by atoms with Crippen LogP contribution in [0.1, 0.15) is 48.9 Å². The molecule has 3 fully saturated rings. The third-order valence-corrected chi connectivity index (χ3v) is 5.78. The van der Waals surface area contributed by atoms with Crippen LogP contribution in [0.3, 0.4) is 0 Å². The summed E-state index contributed by atoms with van der Waals surface area (Å²) >= 11 is 0. The first-order valence-electron chi connectivity index (χ1n) is 11.1. The van der Waals surface area contributed by atoms with E-state index in [1.165, 1.54) is 0 Å². The number of benzene rings is 1. The van der Waals surface area contributed by atoms with Gasteiger partial charge in [-0.2, -0.15) is 0 Å². The first-order valence-corrected chi connectivity index (χ1v) is 11.1. The minimum atomic E-state index is -1.39. The third-order valence-electron chi connectivity index (χ3n) is 5.78. The average Bonchev–Trinajstić information content (AvgIpc) is 3.71. The molecule has 1 heterocycles. The van der Waals surface area contributed by atoms with Crippen LogP contribution in [-0.4, -0.2) is 54.3 Å². The number of ketones is 1. The predicted molar refractivity (Wildman–Crippen MR) is 113 cm³/mol. The Bertz CT molecular complexity index is 1040. The predicted octanol–water partition coefficient (Wildman–Crippen LogP) is 1.15. The maximum Gasteiger partial charge on any atom is 0.411 e. The van der Waals surface area contributed by atoms with Crippen molar-refractivity contribution >= 4 is 35.3 Å². The van der Waals surface area contributed by atoms with Gasteiger partial charge in [0.1, 0.15) is 6.10 Å². The molecule has 4 rings (SSSR count). The summed E-state index contributed by atoms with van der Waals surface area (Å²) in [5, 5.41) is 9.73. The minimum absolute atomic E-state index is 0.109. The van der Waals surface area contributed by atoms with E-state index in [1.807, 2.05) is 0 Å². The van der Waals surface area contributed by atoms with Gasteiger partial charge in [-0.05, 0) is 44.6 Å². The zero-order valence-corrected chi connectivity index (χ0v) is 18.1. The maximum atomic E-state index is 13.9. The van der Waals surface area contributed by atoms with E-state index < -0.39 is 52.8 Å². The van der Waals surface area contributed by atoms with Crippen molar-refractivity contribution in [3.8, 4) is 0 Å². The number of hydrogen-bond acceptors (Lipinski definition) is 6. The van der Waals surface area contributed by atoms with Gasteiger partial charge in [0.25, 0.3) is 11.8 Å². The van der Waals surface area contributed by atoms with Gasteiger partial charge in [-0.15, -0.1) is 0 Å². The number of ether oxygens (including phenoxy) is 1. The van der Waals surface area contributed by atoms with Gasteiger partial charge in [0.2, 0.25) is 11.7 Å². The minimum Gasteiger partial charge on any atom is -0.446 e. The first kappa shape index (κ1) is 23.6. The van der Waals surface area contributed by atoms with E-state index in [4.69, 9.17) is 4.74 Å². The number of rotatable bonds is 9. The fraction of sp³-hybridized carbons (Fsp3) is 0.500. The number of halogens is 2. The number of carbonyl (C=O) groups is 5. The molecule has 34 heavy (non-hydrogen) atoms. The zero-order valence-electron chi connectivity index (χ0n) is 18.1. The molecule has 182 valence electrons. The summed E-state index contributed by atoms with van der Waals surface area (Å²) in [4.78, 5) is 62.1. The van der Waals surface area contributed by atoms with Gasteiger partial charge in [-0.25, -0.2) is 13.6 Å². The molecule has 2 saturated carbocycles. The summed E-state index contributed by atoms with van der Waals surface area (Å²) in [7, 11) is 0. The summed E-state index contributed by atoms with van der Waals surface area (Å²) in [5.74, 6) is -6.47. The lowest BCUT2D eigenvalue weighted by molar-refractivity contribution is -0.139. The number of amides is 4. The number of nitrogens with one attached hydrogen (secondary N) is 4. The van der Waals surface area contributed by atoms with E-state index >= 15 is 0 Å². The second kappa shape index (κ2) is 9.74. The summed E-state index contributed by atoms with van der Waals surface area (Å²) in [6.07, 6.45) is 1.89. The van der Waals surface area contributed by atoms with Gasteiger partial charge in [0.15, 0.2) is 11.6 Å². The third kappa shape index (κ3) is 5.86. The van der Waals surface area contributed by atoms with Crippen molar-refractivity contribution in [1.29, 1.82) is 0 Å². The van der Waals surface area contributed by atoms with Crippen molar-refractivity contribution in [2.45, 2.75) is 56.7 Å². The summed E-state index contributed by atoms with van der Waals surface area (Å²) in [6.45, 7) is 0.396. The SMILES string of the molecule is O=C(Nc1cc(F)c(F)cc1C(=O)NC(C[C@@H]1CCNC1=O)C(=O)C(=O)NC1CC1)OC1CC1. The second-order valence-corrected chi connectivity index (χ2v) is 8.69. The molecule has 0 radical (unpaired) electrons. The molecule has 10 nitrogen and oxygen atoms in total. The normalized spacial score (nSPS) is 20.2. The number of carbonyl (C=O) groups excluding carboxylic acids is 5. The number of Topliss-reactive ketones (excluding diaryl/α,β-unsaturated/α-hetero) is 1. The van der Waals surface area contributed by atoms with E-state index in [-0.39, 0.29) is 30.2 Å². The van der Waals surface area contributed by atoms with Crippen molar-refractivity contribution in [2.75, 3.05) is 11.9 Å². The maximum absolute atomic E-state index is 13.9. The van der Waals surface area contributed by atoms with Crippen molar-refractivity contribution in [1.82, 2.24) is 16.0 Å². The lowest BCUT2D eigenvalue weighted by Crippen LogP contribution is -2.49. The molecule has 1 aliphatic heterocycles. The van der Waals surface area contributed by atoms with E-state index in [1.54, 1.807) is 0 Å². The van der Waals surface area contributed by atoms with Gasteiger partial charge >= 0.3 is 6.09 Å². The fourth-order valence-corrected chi connectivity index (χ4v) is 3.58. The van der Waals surface area contributed by atoms with E-state index in [0.717, 1.165) is 12.8 Å². The van der Waals surface area contributed by atoms with Gasteiger partial charge < -0.3 is 20.7 Å². The molecule has 0 bridgehead atoms. The molecule has 1 aromatic carbocycles. The first-order chi connectivity index (χ1) is 16.2. The summed E-state index contributed by atoms with van der Waals surface area (Å²) < 4.78 is 32.8. The standard InChI is InChI=1S/C22H24F2N4O6/c23-14-8-13(16(9-15(14)24)28-22(33)34-12-3-4-12)20(31)27-17(7-10-5-6-25-19(10)30)18(29)21(32)26-11-1-2-11/h8-12,17H,1-7H2,(H,25,30)(H,26,32)(H,27,31)(H,28,33)/t10-,17?/m0/s1. The van der Waals surface area contributed by atoms with Crippen LogP contribution in [0.25, 0.3) is 0 Å². The van der Waals surface area contributed by atoms with Crippen LogP contribution in [0.4, 0.5) is 19.3 Å². The average molecular weight is 478 g/mol. The highest BCUT2D eigenvalue weighted by Crippen LogP contribution is 2.26. The Hall–Kier alpha value is -3.57. The zero-order chi connectivity index (χ0) is 24.4. The highest BCUT2D eigenvalue weighted by Gasteiger charge is 2.36. The molecule has 4 amide bonds. The summed E-state index contributed by atoms with van der Waals surface area (Å²) in [5.41, 5.74) is -0.836. The van der Waals surface area contributed by atoms with Crippen molar-refractivity contribution in [2.24, 2.45) is 5.92 Å². The van der Waals surface area contributed by atoms with Crippen molar-refractivity contribution < 1.29 is 37.5 Å². The topological polar surface area (TPSA) is 143 Å². The molecule has 2 aliphatic carbocycles. The second-order valence-electron chi connectivity index (χ2n) is 8.69.